The quantitative estimate of drug-likeness (QED) is 0.616. The third-order valence-corrected chi connectivity index (χ3v) is 6.23. The summed E-state index contributed by atoms with van der Waals surface area (Å²) in [4.78, 5) is 14.1. The van der Waals surface area contributed by atoms with Crippen molar-refractivity contribution in [2.75, 3.05) is 18.4 Å². The van der Waals surface area contributed by atoms with Gasteiger partial charge in [0.25, 0.3) is 0 Å². The summed E-state index contributed by atoms with van der Waals surface area (Å²) in [6.07, 6.45) is 0.822. The van der Waals surface area contributed by atoms with Gasteiger partial charge in [0, 0.05) is 49.7 Å². The Morgan fingerprint density at radius 2 is 2.03 bits per heavy atom. The van der Waals surface area contributed by atoms with Crippen LogP contribution in [0, 0.1) is 5.82 Å². The van der Waals surface area contributed by atoms with Gasteiger partial charge in [0.15, 0.2) is 11.6 Å². The van der Waals surface area contributed by atoms with Crippen LogP contribution in [0.5, 0.6) is 11.5 Å². The van der Waals surface area contributed by atoms with E-state index in [1.165, 1.54) is 6.07 Å². The molecule has 31 heavy (non-hydrogen) atoms. The summed E-state index contributed by atoms with van der Waals surface area (Å²) in [6.45, 7) is -2.37. The Morgan fingerprint density at radius 1 is 1.29 bits per heavy atom. The molecule has 2 heterocycles. The molecular formula is C21H20BrF3N2O4. The minimum Gasteiger partial charge on any atom is -0.485 e. The molecule has 1 atom stereocenters. The van der Waals surface area contributed by atoms with Gasteiger partial charge in [-0.05, 0) is 34.1 Å². The molecular weight excluding hydrogens is 481 g/mol. The number of hydrogen-bond donors (Lipinski definition) is 2. The second-order valence-electron chi connectivity index (χ2n) is 7.60. The van der Waals surface area contributed by atoms with E-state index < -0.39 is 35.9 Å². The van der Waals surface area contributed by atoms with Crippen LogP contribution >= 0.6 is 15.9 Å². The lowest BCUT2D eigenvalue weighted by molar-refractivity contribution is -0.0522. The number of carbonyl (C=O) groups excluding carboxylic acids is 1. The van der Waals surface area contributed by atoms with Crippen LogP contribution in [0.2, 0.25) is 0 Å². The molecule has 4 rings (SSSR count). The van der Waals surface area contributed by atoms with E-state index in [9.17, 15) is 23.1 Å². The molecule has 1 unspecified atom stereocenters. The van der Waals surface area contributed by atoms with Gasteiger partial charge in [-0.15, -0.1) is 0 Å². The van der Waals surface area contributed by atoms with E-state index >= 15 is 0 Å². The molecule has 2 aliphatic heterocycles. The predicted molar refractivity (Wildman–Crippen MR) is 110 cm³/mol. The normalized spacial score (nSPS) is 19.7. The number of rotatable bonds is 3. The Balaban J connectivity index is 1.38. The first-order chi connectivity index (χ1) is 14.8. The second-order valence-corrected chi connectivity index (χ2v) is 8.46. The molecule has 6 nitrogen and oxygen atoms in total. The highest BCUT2D eigenvalue weighted by Gasteiger charge is 2.44. The van der Waals surface area contributed by atoms with E-state index in [1.807, 2.05) is 18.2 Å². The average molecular weight is 501 g/mol. The number of nitrogens with one attached hydrogen (secondary N) is 1. The maximum absolute atomic E-state index is 13.9. The van der Waals surface area contributed by atoms with Gasteiger partial charge < -0.3 is 24.8 Å². The molecule has 2 aliphatic rings. The van der Waals surface area contributed by atoms with Crippen LogP contribution in [0.15, 0.2) is 40.9 Å². The largest absolute Gasteiger partial charge is 0.485 e. The van der Waals surface area contributed by atoms with E-state index in [-0.39, 0.29) is 5.69 Å². The summed E-state index contributed by atoms with van der Waals surface area (Å²) in [5.41, 5.74) is 0.293. The van der Waals surface area contributed by atoms with Gasteiger partial charge in [0.05, 0.1) is 10.6 Å². The third kappa shape index (κ3) is 4.59. The first-order valence-corrected chi connectivity index (χ1v) is 10.5. The molecule has 2 amide bonds. The first-order valence-electron chi connectivity index (χ1n) is 9.72. The highest BCUT2D eigenvalue weighted by molar-refractivity contribution is 9.10. The number of aliphatic hydroxyl groups is 1. The lowest BCUT2D eigenvalue weighted by Gasteiger charge is -2.46. The van der Waals surface area contributed by atoms with Crippen molar-refractivity contribution in [3.05, 3.63) is 52.3 Å². The van der Waals surface area contributed by atoms with Crippen molar-refractivity contribution in [2.45, 2.75) is 37.6 Å². The lowest BCUT2D eigenvalue weighted by Crippen LogP contribution is -2.52. The molecule has 1 spiro atoms. The fourth-order valence-corrected chi connectivity index (χ4v) is 4.47. The maximum Gasteiger partial charge on any atom is 0.387 e. The number of para-hydroxylation sites is 1. The summed E-state index contributed by atoms with van der Waals surface area (Å²) < 4.78 is 49.4. The third-order valence-electron chi connectivity index (χ3n) is 5.60. The monoisotopic (exact) mass is 500 g/mol. The molecule has 0 bridgehead atoms. The number of ether oxygens (including phenoxy) is 2. The van der Waals surface area contributed by atoms with E-state index in [2.05, 4.69) is 26.0 Å². The van der Waals surface area contributed by atoms with Crippen LogP contribution in [-0.2, 0) is 0 Å². The molecule has 0 aliphatic carbocycles. The predicted octanol–water partition coefficient (Wildman–Crippen LogP) is 5.07. The zero-order valence-electron chi connectivity index (χ0n) is 16.3. The van der Waals surface area contributed by atoms with Gasteiger partial charge in [-0.1, -0.05) is 12.1 Å². The zero-order chi connectivity index (χ0) is 22.2. The standard InChI is InChI=1S/C21H20BrF3N2O4/c22-14-3-1-2-13-16(28)11-21(31-18(13)14)6-8-27(9-7-21)20(29)26-12-4-5-17(15(23)10-12)30-19(24)25/h1-5,10,16,19,28H,6-9,11H2,(H,26,29). The van der Waals surface area contributed by atoms with Crippen molar-refractivity contribution in [1.29, 1.82) is 0 Å². The summed E-state index contributed by atoms with van der Waals surface area (Å²) >= 11 is 3.46. The highest BCUT2D eigenvalue weighted by Crippen LogP contribution is 2.47. The summed E-state index contributed by atoms with van der Waals surface area (Å²) in [5.74, 6) is -0.961. The van der Waals surface area contributed by atoms with Crippen LogP contribution in [0.4, 0.5) is 23.7 Å². The van der Waals surface area contributed by atoms with Gasteiger partial charge in [-0.25, -0.2) is 9.18 Å². The molecule has 1 fully saturated rings. The number of amides is 2. The topological polar surface area (TPSA) is 71.0 Å². The maximum atomic E-state index is 13.9. The minimum atomic E-state index is -3.14. The Bertz CT molecular complexity index is 983. The molecule has 0 aromatic heterocycles. The van der Waals surface area contributed by atoms with E-state index in [4.69, 9.17) is 4.74 Å². The highest BCUT2D eigenvalue weighted by atomic mass is 79.9. The number of halogens is 4. The van der Waals surface area contributed by atoms with Crippen LogP contribution in [0.3, 0.4) is 0 Å². The number of anilines is 1. The molecule has 0 radical (unpaired) electrons. The smallest absolute Gasteiger partial charge is 0.387 e. The lowest BCUT2D eigenvalue weighted by atomic mass is 9.82. The van der Waals surface area contributed by atoms with Crippen LogP contribution in [-0.4, -0.2) is 41.3 Å². The molecule has 10 heteroatoms. The van der Waals surface area contributed by atoms with Crippen molar-refractivity contribution in [2.24, 2.45) is 0 Å². The van der Waals surface area contributed by atoms with Gasteiger partial charge >= 0.3 is 12.6 Å². The molecule has 2 N–H and O–H groups in total. The zero-order valence-corrected chi connectivity index (χ0v) is 17.9. The number of aliphatic hydroxyl groups excluding tert-OH is 1. The fourth-order valence-electron chi connectivity index (χ4n) is 4.01. The van der Waals surface area contributed by atoms with E-state index in [0.29, 0.717) is 38.1 Å². The Morgan fingerprint density at radius 3 is 2.71 bits per heavy atom. The molecule has 166 valence electrons. The summed E-state index contributed by atoms with van der Waals surface area (Å²) in [7, 11) is 0. The van der Waals surface area contributed by atoms with Crippen LogP contribution < -0.4 is 14.8 Å². The van der Waals surface area contributed by atoms with Crippen molar-refractivity contribution in [3.8, 4) is 11.5 Å². The van der Waals surface area contributed by atoms with Crippen molar-refractivity contribution >= 4 is 27.6 Å². The molecule has 1 saturated heterocycles. The Hall–Kier alpha value is -2.46. The Labute approximate surface area is 185 Å². The van der Waals surface area contributed by atoms with Crippen molar-refractivity contribution < 1.29 is 32.5 Å². The van der Waals surface area contributed by atoms with E-state index in [0.717, 1.165) is 22.2 Å². The first kappa shape index (κ1) is 21.8. The number of benzene rings is 2. The molecule has 2 aromatic carbocycles. The summed E-state index contributed by atoms with van der Waals surface area (Å²) in [6, 6.07) is 8.34. The summed E-state index contributed by atoms with van der Waals surface area (Å²) in [5, 5.41) is 13.2. The van der Waals surface area contributed by atoms with Crippen LogP contribution in [0.25, 0.3) is 0 Å². The molecule has 0 saturated carbocycles. The van der Waals surface area contributed by atoms with Crippen LogP contribution in [0.1, 0.15) is 30.9 Å². The SMILES string of the molecule is O=C(Nc1ccc(OC(F)F)c(F)c1)N1CCC2(CC1)CC(O)c1cccc(Br)c1O2. The second kappa shape index (κ2) is 8.58. The number of hydrogen-bond acceptors (Lipinski definition) is 4. The number of likely N-dealkylation sites (tertiary alicyclic amines) is 1. The minimum absolute atomic E-state index is 0.131. The number of carbonyl (C=O) groups is 1. The number of fused-ring (bicyclic) bond motifs is 1. The fraction of sp³-hybridized carbons (Fsp3) is 0.381. The van der Waals surface area contributed by atoms with Gasteiger partial charge in [0.1, 0.15) is 11.4 Å². The number of alkyl halides is 2. The van der Waals surface area contributed by atoms with Gasteiger partial charge in [-0.2, -0.15) is 8.78 Å². The van der Waals surface area contributed by atoms with E-state index in [1.54, 1.807) is 4.90 Å². The van der Waals surface area contributed by atoms with Gasteiger partial charge in [0.2, 0.25) is 0 Å². The van der Waals surface area contributed by atoms with Gasteiger partial charge in [-0.3, -0.25) is 0 Å². The van der Waals surface area contributed by atoms with Crippen molar-refractivity contribution in [1.82, 2.24) is 4.90 Å². The average Bonchev–Trinajstić information content (AvgIpc) is 2.71. The number of nitrogens with zero attached hydrogens (tertiary/aromatic N) is 1. The number of urea groups is 1. The molecule has 2 aromatic rings. The van der Waals surface area contributed by atoms with Crippen molar-refractivity contribution in [3.63, 3.8) is 0 Å². The number of piperidine rings is 1. The Kier molecular flexibility index (Phi) is 6.02.